The van der Waals surface area contributed by atoms with Gasteiger partial charge >= 0.3 is 0 Å². The van der Waals surface area contributed by atoms with Crippen molar-refractivity contribution >= 4 is 57.3 Å². The number of carbonyl (C=O) groups is 1. The molecule has 0 aliphatic carbocycles. The molecule has 0 saturated carbocycles. The van der Waals surface area contributed by atoms with Gasteiger partial charge < -0.3 is 5.11 Å². The van der Waals surface area contributed by atoms with Crippen LogP contribution in [-0.4, -0.2) is 17.2 Å². The number of halogens is 2. The molecule has 24 heavy (non-hydrogen) atoms. The Balaban J connectivity index is 2.05. The third-order valence-corrected chi connectivity index (χ3v) is 5.08. The number of amides is 1. The Kier molecular flexibility index (Phi) is 6.24. The Morgan fingerprint density at radius 1 is 1.12 bits per heavy atom. The zero-order chi connectivity index (χ0) is 17.9. The van der Waals surface area contributed by atoms with Gasteiger partial charge in [-0.15, -0.1) is 0 Å². The number of hydrazone groups is 1. The van der Waals surface area contributed by atoms with Gasteiger partial charge in [-0.3, -0.25) is 4.79 Å². The first-order valence-corrected chi connectivity index (χ1v) is 9.46. The van der Waals surface area contributed by atoms with Crippen LogP contribution in [0.5, 0.6) is 5.75 Å². The Labute approximate surface area is 169 Å². The van der Waals surface area contributed by atoms with E-state index in [1.165, 1.54) is 5.56 Å². The fourth-order valence-corrected chi connectivity index (χ4v) is 3.83. The first-order valence-electron chi connectivity index (χ1n) is 7.30. The van der Waals surface area contributed by atoms with Crippen molar-refractivity contribution in [3.8, 4) is 5.75 Å². The van der Waals surface area contributed by atoms with Crippen molar-refractivity contribution in [1.29, 1.82) is 0 Å². The number of nitrogens with one attached hydrogen (secondary N) is 1. The molecule has 2 aromatic carbocycles. The average Bonchev–Trinajstić information content (AvgIpc) is 2.51. The van der Waals surface area contributed by atoms with Crippen LogP contribution in [0.4, 0.5) is 0 Å². The van der Waals surface area contributed by atoms with E-state index in [4.69, 9.17) is 0 Å². The average molecular weight is 548 g/mol. The summed E-state index contributed by atoms with van der Waals surface area (Å²) >= 11 is 4.11. The van der Waals surface area contributed by atoms with Gasteiger partial charge in [0, 0.05) is 5.56 Å². The smallest absolute Gasteiger partial charge is 0.271 e. The van der Waals surface area contributed by atoms with Gasteiger partial charge in [0.25, 0.3) is 5.91 Å². The van der Waals surface area contributed by atoms with Gasteiger partial charge in [0.05, 0.1) is 13.4 Å². The highest BCUT2D eigenvalue weighted by molar-refractivity contribution is 14.1. The van der Waals surface area contributed by atoms with Gasteiger partial charge in [0.1, 0.15) is 5.75 Å². The highest BCUT2D eigenvalue weighted by atomic mass is 127. The Hall–Kier alpha value is -1.16. The summed E-state index contributed by atoms with van der Waals surface area (Å²) in [6.45, 7) is 6.40. The maximum atomic E-state index is 12.1. The second-order valence-electron chi connectivity index (χ2n) is 6.36. The van der Waals surface area contributed by atoms with E-state index in [-0.39, 0.29) is 17.1 Å². The lowest BCUT2D eigenvalue weighted by Crippen LogP contribution is -2.18. The van der Waals surface area contributed by atoms with E-state index in [1.807, 2.05) is 12.1 Å². The van der Waals surface area contributed by atoms with Crippen LogP contribution >= 0.6 is 45.2 Å². The molecule has 4 nitrogen and oxygen atoms in total. The number of hydrogen-bond donors (Lipinski definition) is 2. The third-order valence-electron chi connectivity index (χ3n) is 3.43. The van der Waals surface area contributed by atoms with E-state index in [9.17, 15) is 9.90 Å². The number of phenolic OH excluding ortho intramolecular Hbond substituents is 1. The molecule has 0 aliphatic rings. The minimum Gasteiger partial charge on any atom is -0.506 e. The van der Waals surface area contributed by atoms with Crippen LogP contribution < -0.4 is 5.43 Å². The highest BCUT2D eigenvalue weighted by Crippen LogP contribution is 2.26. The zero-order valence-corrected chi connectivity index (χ0v) is 17.9. The van der Waals surface area contributed by atoms with Crippen molar-refractivity contribution in [2.24, 2.45) is 5.10 Å². The van der Waals surface area contributed by atoms with E-state index in [0.717, 1.165) is 12.7 Å². The van der Waals surface area contributed by atoms with Gasteiger partial charge in [0.15, 0.2) is 0 Å². The van der Waals surface area contributed by atoms with Crippen LogP contribution in [0.2, 0.25) is 0 Å². The maximum Gasteiger partial charge on any atom is 0.271 e. The van der Waals surface area contributed by atoms with Crippen molar-refractivity contribution in [3.05, 3.63) is 60.2 Å². The standard InChI is InChI=1S/C18H18I2N2O2/c1-18(2,3)13-6-4-12(5-7-13)17(24)22-21-10-11-8-14(19)16(23)15(20)9-11/h4-10,23H,1-3H3,(H,22,24)/b21-10+. The molecule has 0 heterocycles. The molecule has 126 valence electrons. The van der Waals surface area contributed by atoms with Gasteiger partial charge in [-0.25, -0.2) is 5.43 Å². The third kappa shape index (κ3) is 4.92. The van der Waals surface area contributed by atoms with Crippen molar-refractivity contribution in [2.75, 3.05) is 0 Å². The second kappa shape index (κ2) is 7.81. The van der Waals surface area contributed by atoms with E-state index in [2.05, 4.69) is 76.5 Å². The van der Waals surface area contributed by atoms with E-state index in [0.29, 0.717) is 5.56 Å². The minimum atomic E-state index is -0.255. The molecule has 0 radical (unpaired) electrons. The number of nitrogens with zero attached hydrogens (tertiary/aromatic N) is 1. The normalized spacial score (nSPS) is 11.7. The summed E-state index contributed by atoms with van der Waals surface area (Å²) in [5.74, 6) is 0.00575. The molecule has 0 fully saturated rings. The largest absolute Gasteiger partial charge is 0.506 e. The van der Waals surface area contributed by atoms with Gasteiger partial charge in [0.2, 0.25) is 0 Å². The van der Waals surface area contributed by atoms with Crippen LogP contribution in [0.3, 0.4) is 0 Å². The number of phenols is 1. The summed E-state index contributed by atoms with van der Waals surface area (Å²) < 4.78 is 1.48. The molecule has 2 N–H and O–H groups in total. The SMILES string of the molecule is CC(C)(C)c1ccc(C(=O)N/N=C/c2cc(I)c(O)c(I)c2)cc1. The van der Waals surface area contributed by atoms with Crippen LogP contribution in [0.25, 0.3) is 0 Å². The van der Waals surface area contributed by atoms with Crippen molar-refractivity contribution in [2.45, 2.75) is 26.2 Å². The van der Waals surface area contributed by atoms with Crippen molar-refractivity contribution < 1.29 is 9.90 Å². The predicted molar refractivity (Wildman–Crippen MR) is 114 cm³/mol. The molecule has 1 amide bonds. The first-order chi connectivity index (χ1) is 11.2. The quantitative estimate of drug-likeness (QED) is 0.333. The van der Waals surface area contributed by atoms with Crippen LogP contribution in [0.15, 0.2) is 41.5 Å². The Bertz CT molecular complexity index is 756. The molecule has 6 heteroatoms. The van der Waals surface area contributed by atoms with E-state index >= 15 is 0 Å². The number of aromatic hydroxyl groups is 1. The lowest BCUT2D eigenvalue weighted by atomic mass is 9.87. The summed E-state index contributed by atoms with van der Waals surface area (Å²) in [5, 5.41) is 13.7. The summed E-state index contributed by atoms with van der Waals surface area (Å²) in [6, 6.07) is 11.1. The van der Waals surface area contributed by atoms with E-state index < -0.39 is 0 Å². The van der Waals surface area contributed by atoms with Gasteiger partial charge in [-0.05, 0) is 86.0 Å². The summed E-state index contributed by atoms with van der Waals surface area (Å²) in [6.07, 6.45) is 1.56. The molecular formula is C18H18I2N2O2. The summed E-state index contributed by atoms with van der Waals surface area (Å²) in [7, 11) is 0. The van der Waals surface area contributed by atoms with E-state index in [1.54, 1.807) is 30.5 Å². The maximum absolute atomic E-state index is 12.1. The Morgan fingerprint density at radius 3 is 2.17 bits per heavy atom. The fourth-order valence-electron chi connectivity index (χ4n) is 2.01. The zero-order valence-electron chi connectivity index (χ0n) is 13.6. The molecule has 2 aromatic rings. The minimum absolute atomic E-state index is 0.0559. The number of rotatable bonds is 3. The Morgan fingerprint density at radius 2 is 1.67 bits per heavy atom. The molecule has 0 bridgehead atoms. The lowest BCUT2D eigenvalue weighted by Gasteiger charge is -2.18. The highest BCUT2D eigenvalue weighted by Gasteiger charge is 2.14. The van der Waals surface area contributed by atoms with Crippen LogP contribution in [0.1, 0.15) is 42.3 Å². The predicted octanol–water partition coefficient (Wildman–Crippen LogP) is 4.66. The number of carbonyl (C=O) groups excluding carboxylic acids is 1. The molecule has 0 aromatic heterocycles. The summed E-state index contributed by atoms with van der Waals surface area (Å²) in [4.78, 5) is 12.1. The van der Waals surface area contributed by atoms with Crippen molar-refractivity contribution in [3.63, 3.8) is 0 Å². The molecule has 2 rings (SSSR count). The fraction of sp³-hybridized carbons (Fsp3) is 0.222. The van der Waals surface area contributed by atoms with Crippen LogP contribution in [-0.2, 0) is 5.41 Å². The molecule has 0 unspecified atom stereocenters. The summed E-state index contributed by atoms with van der Waals surface area (Å²) in [5.41, 5.74) is 5.13. The monoisotopic (exact) mass is 548 g/mol. The molecule has 0 aliphatic heterocycles. The van der Waals surface area contributed by atoms with Gasteiger partial charge in [-0.2, -0.15) is 5.10 Å². The molecule has 0 saturated heterocycles. The number of hydrogen-bond acceptors (Lipinski definition) is 3. The van der Waals surface area contributed by atoms with Crippen molar-refractivity contribution in [1.82, 2.24) is 5.43 Å². The lowest BCUT2D eigenvalue weighted by molar-refractivity contribution is 0.0955. The molecule has 0 spiro atoms. The second-order valence-corrected chi connectivity index (χ2v) is 8.68. The topological polar surface area (TPSA) is 61.7 Å². The molecule has 0 atom stereocenters. The van der Waals surface area contributed by atoms with Crippen LogP contribution in [0, 0.1) is 7.14 Å². The first kappa shape index (κ1) is 19.2. The number of benzene rings is 2. The van der Waals surface area contributed by atoms with Gasteiger partial charge in [-0.1, -0.05) is 32.9 Å². The molecular weight excluding hydrogens is 530 g/mol.